The fourth-order valence-corrected chi connectivity index (χ4v) is 5.18. The van der Waals surface area contributed by atoms with Crippen molar-refractivity contribution in [1.29, 1.82) is 0 Å². The summed E-state index contributed by atoms with van der Waals surface area (Å²) in [5.74, 6) is -0.987. The zero-order valence-corrected chi connectivity index (χ0v) is 21.6. The van der Waals surface area contributed by atoms with Gasteiger partial charge in [0.05, 0.1) is 10.5 Å². The summed E-state index contributed by atoms with van der Waals surface area (Å²) in [7, 11) is 0. The molecule has 0 atom stereocenters. The maximum Gasteiger partial charge on any atom is 0.335 e. The molecule has 5 nitrogen and oxygen atoms in total. The third-order valence-corrected chi connectivity index (χ3v) is 7.59. The van der Waals surface area contributed by atoms with Crippen molar-refractivity contribution in [3.63, 3.8) is 0 Å². The third kappa shape index (κ3) is 5.11. The molecule has 0 radical (unpaired) electrons. The van der Waals surface area contributed by atoms with Crippen molar-refractivity contribution in [2.45, 2.75) is 64.7 Å². The van der Waals surface area contributed by atoms with Crippen LogP contribution in [0.25, 0.3) is 11.6 Å². The first kappa shape index (κ1) is 25.4. The number of benzene rings is 3. The number of allylic oxidation sites excluding steroid dienone is 1. The summed E-state index contributed by atoms with van der Waals surface area (Å²) in [6, 6.07) is 18.4. The van der Waals surface area contributed by atoms with E-state index in [2.05, 4.69) is 58.9 Å². The molecule has 3 aromatic carbocycles. The van der Waals surface area contributed by atoms with E-state index in [9.17, 15) is 20.0 Å². The molecule has 0 aliphatic heterocycles. The number of hydrogen-bond donors (Lipinski definition) is 1. The van der Waals surface area contributed by atoms with Crippen LogP contribution in [0.5, 0.6) is 0 Å². The quantitative estimate of drug-likeness (QED) is 0.220. The van der Waals surface area contributed by atoms with Crippen LogP contribution >= 0.6 is 0 Å². The first-order valence-corrected chi connectivity index (χ1v) is 12.3. The van der Waals surface area contributed by atoms with Crippen LogP contribution in [-0.4, -0.2) is 16.0 Å². The van der Waals surface area contributed by atoms with Gasteiger partial charge in [0, 0.05) is 12.1 Å². The van der Waals surface area contributed by atoms with Crippen LogP contribution in [0.1, 0.15) is 91.2 Å². The number of nitro benzene ring substituents is 1. The van der Waals surface area contributed by atoms with Gasteiger partial charge in [-0.2, -0.15) is 0 Å². The van der Waals surface area contributed by atoms with Crippen LogP contribution in [0, 0.1) is 10.1 Å². The average molecular weight is 484 g/mol. The van der Waals surface area contributed by atoms with Crippen LogP contribution in [0.3, 0.4) is 0 Å². The summed E-state index contributed by atoms with van der Waals surface area (Å²) >= 11 is 0. The molecule has 0 heterocycles. The van der Waals surface area contributed by atoms with Gasteiger partial charge in [-0.15, -0.1) is 0 Å². The largest absolute Gasteiger partial charge is 0.478 e. The zero-order chi connectivity index (χ0) is 26.3. The monoisotopic (exact) mass is 483 g/mol. The number of carbonyl (C=O) groups is 1. The second kappa shape index (κ2) is 9.38. The molecular formula is C31H33NO4. The number of fused-ring (bicyclic) bond motifs is 1. The summed E-state index contributed by atoms with van der Waals surface area (Å²) in [6.45, 7) is 11.4. The molecule has 0 saturated heterocycles. The summed E-state index contributed by atoms with van der Waals surface area (Å²) in [4.78, 5) is 22.4. The van der Waals surface area contributed by atoms with Gasteiger partial charge in [-0.25, -0.2) is 4.79 Å². The lowest BCUT2D eigenvalue weighted by molar-refractivity contribution is -0.384. The highest BCUT2D eigenvalue weighted by molar-refractivity contribution is 5.90. The van der Waals surface area contributed by atoms with Crippen LogP contribution in [0.15, 0.2) is 60.7 Å². The van der Waals surface area contributed by atoms with E-state index in [4.69, 9.17) is 0 Å². The van der Waals surface area contributed by atoms with Gasteiger partial charge in [0.2, 0.25) is 0 Å². The highest BCUT2D eigenvalue weighted by atomic mass is 16.6. The Balaban J connectivity index is 1.68. The van der Waals surface area contributed by atoms with Crippen LogP contribution in [-0.2, 0) is 17.3 Å². The fourth-order valence-electron chi connectivity index (χ4n) is 5.18. The number of rotatable bonds is 6. The number of nitro groups is 1. The molecule has 0 saturated carbocycles. The molecule has 0 fully saturated rings. The highest BCUT2D eigenvalue weighted by Gasteiger charge is 2.36. The van der Waals surface area contributed by atoms with E-state index >= 15 is 0 Å². The Morgan fingerprint density at radius 2 is 1.58 bits per heavy atom. The fraction of sp³-hybridized carbons (Fsp3) is 0.323. The Morgan fingerprint density at radius 1 is 0.944 bits per heavy atom. The maximum atomic E-state index is 11.9. The van der Waals surface area contributed by atoms with E-state index in [1.807, 2.05) is 12.1 Å². The zero-order valence-electron chi connectivity index (χ0n) is 21.6. The van der Waals surface area contributed by atoms with Gasteiger partial charge < -0.3 is 5.11 Å². The topological polar surface area (TPSA) is 80.4 Å². The minimum atomic E-state index is -0.987. The standard InChI is InChI=1S/C31H33NO4/c1-20(23-9-13-27-28(19-23)31(4,5)15-14-30(27,2)3)16-22-8-12-26(29(33)34)24(18-22)17-21-6-10-25(11-7-21)32(35)36/h6-13,16,18-19H,14-15,17H2,1-5H3,(H,33,34)/b20-16+. The van der Waals surface area contributed by atoms with Gasteiger partial charge in [-0.1, -0.05) is 76.2 Å². The van der Waals surface area contributed by atoms with Crippen molar-refractivity contribution < 1.29 is 14.8 Å². The molecule has 0 bridgehead atoms. The Morgan fingerprint density at radius 3 is 2.19 bits per heavy atom. The molecule has 3 aromatic rings. The maximum absolute atomic E-state index is 11.9. The average Bonchev–Trinajstić information content (AvgIpc) is 2.82. The number of carboxylic acid groups (broad SMARTS) is 1. The number of carboxylic acids is 1. The van der Waals surface area contributed by atoms with Crippen molar-refractivity contribution in [2.24, 2.45) is 0 Å². The molecule has 0 aromatic heterocycles. The van der Waals surface area contributed by atoms with Crippen LogP contribution in [0.4, 0.5) is 5.69 Å². The molecular weight excluding hydrogens is 450 g/mol. The van der Waals surface area contributed by atoms with Crippen LogP contribution < -0.4 is 0 Å². The normalized spacial score (nSPS) is 16.3. The molecule has 1 N–H and O–H groups in total. The smallest absolute Gasteiger partial charge is 0.335 e. The molecule has 1 aliphatic carbocycles. The molecule has 36 heavy (non-hydrogen) atoms. The van der Waals surface area contributed by atoms with Gasteiger partial charge in [-0.05, 0) is 82.0 Å². The minimum absolute atomic E-state index is 0.0149. The molecule has 0 unspecified atom stereocenters. The van der Waals surface area contributed by atoms with E-state index in [1.54, 1.807) is 18.2 Å². The predicted octanol–water partition coefficient (Wildman–Crippen LogP) is 7.79. The second-order valence-electron chi connectivity index (χ2n) is 11.2. The number of nitrogens with zero attached hydrogens (tertiary/aromatic N) is 1. The predicted molar refractivity (Wildman–Crippen MR) is 145 cm³/mol. The van der Waals surface area contributed by atoms with Crippen molar-refractivity contribution in [3.05, 3.63) is 110 Å². The van der Waals surface area contributed by atoms with Gasteiger partial charge >= 0.3 is 5.97 Å². The van der Waals surface area contributed by atoms with E-state index in [-0.39, 0.29) is 22.1 Å². The number of non-ortho nitro benzene ring substituents is 1. The van der Waals surface area contributed by atoms with E-state index < -0.39 is 10.9 Å². The molecule has 4 rings (SSSR count). The highest BCUT2D eigenvalue weighted by Crippen LogP contribution is 2.46. The Labute approximate surface area is 212 Å². The Bertz CT molecular complexity index is 1360. The lowest BCUT2D eigenvalue weighted by atomic mass is 9.63. The van der Waals surface area contributed by atoms with Gasteiger partial charge in [0.25, 0.3) is 5.69 Å². The number of aromatic carboxylic acids is 1. The summed E-state index contributed by atoms with van der Waals surface area (Å²) in [5.41, 5.74) is 8.07. The van der Waals surface area contributed by atoms with E-state index in [0.29, 0.717) is 12.0 Å². The van der Waals surface area contributed by atoms with Crippen molar-refractivity contribution >= 4 is 23.3 Å². The van der Waals surface area contributed by atoms with Gasteiger partial charge in [0.1, 0.15) is 0 Å². The third-order valence-electron chi connectivity index (χ3n) is 7.59. The Hall–Kier alpha value is -3.73. The molecule has 0 amide bonds. The molecule has 1 aliphatic rings. The summed E-state index contributed by atoms with van der Waals surface area (Å²) in [5, 5.41) is 20.7. The van der Waals surface area contributed by atoms with Crippen molar-refractivity contribution in [2.75, 3.05) is 0 Å². The molecule has 0 spiro atoms. The van der Waals surface area contributed by atoms with Gasteiger partial charge in [-0.3, -0.25) is 10.1 Å². The first-order valence-electron chi connectivity index (χ1n) is 12.3. The lowest BCUT2D eigenvalue weighted by Crippen LogP contribution is -2.33. The summed E-state index contributed by atoms with van der Waals surface area (Å²) in [6.07, 6.45) is 4.80. The summed E-state index contributed by atoms with van der Waals surface area (Å²) < 4.78 is 0. The van der Waals surface area contributed by atoms with Crippen LogP contribution in [0.2, 0.25) is 0 Å². The SMILES string of the molecule is C/C(=C\c1ccc(C(=O)O)c(Cc2ccc([N+](=O)[O-])cc2)c1)c1ccc2c(c1)C(C)(C)CCC2(C)C. The molecule has 5 heteroatoms. The minimum Gasteiger partial charge on any atom is -0.478 e. The number of hydrogen-bond acceptors (Lipinski definition) is 3. The van der Waals surface area contributed by atoms with Gasteiger partial charge in [0.15, 0.2) is 0 Å². The molecule has 186 valence electrons. The van der Waals surface area contributed by atoms with E-state index in [1.165, 1.54) is 35.2 Å². The van der Waals surface area contributed by atoms with Crippen molar-refractivity contribution in [3.8, 4) is 0 Å². The first-order chi connectivity index (χ1) is 16.9. The van der Waals surface area contributed by atoms with Crippen molar-refractivity contribution in [1.82, 2.24) is 0 Å². The Kier molecular flexibility index (Phi) is 6.61. The second-order valence-corrected chi connectivity index (χ2v) is 11.2. The van der Waals surface area contributed by atoms with E-state index in [0.717, 1.165) is 23.1 Å². The lowest BCUT2D eigenvalue weighted by Gasteiger charge is -2.42.